The molecule has 1 aromatic rings. The van der Waals surface area contributed by atoms with Gasteiger partial charge in [0, 0.05) is 0 Å². The standard InChI is InChI=1S/C15H20.C9H18/c1-2-6-12(7-3-1)15-10-13-8-4-5-9-14(13)11-15;1-9(2)7-5-3-4-6-8-9/h1-3,6-7,13-15H,4-5,8-11H2;3-8H2,1-2H3. The van der Waals surface area contributed by atoms with Crippen molar-refractivity contribution in [2.75, 3.05) is 0 Å². The topological polar surface area (TPSA) is 0 Å². The molecular weight excluding hydrogens is 288 g/mol. The molecule has 3 aliphatic rings. The van der Waals surface area contributed by atoms with Crippen molar-refractivity contribution in [1.29, 1.82) is 0 Å². The van der Waals surface area contributed by atoms with Crippen molar-refractivity contribution in [2.24, 2.45) is 17.3 Å². The van der Waals surface area contributed by atoms with Crippen LogP contribution in [0.3, 0.4) is 0 Å². The Morgan fingerprint density at radius 1 is 0.708 bits per heavy atom. The summed E-state index contributed by atoms with van der Waals surface area (Å²) in [5.41, 5.74) is 2.25. The third-order valence-corrected chi connectivity index (χ3v) is 6.97. The van der Waals surface area contributed by atoms with Crippen molar-refractivity contribution >= 4 is 0 Å². The van der Waals surface area contributed by atoms with E-state index in [9.17, 15) is 0 Å². The number of benzene rings is 1. The van der Waals surface area contributed by atoms with Crippen molar-refractivity contribution in [3.8, 4) is 0 Å². The molecule has 0 amide bonds. The lowest BCUT2D eigenvalue weighted by Crippen LogP contribution is -2.12. The molecule has 2 unspecified atom stereocenters. The number of hydrogen-bond donors (Lipinski definition) is 0. The highest BCUT2D eigenvalue weighted by molar-refractivity contribution is 5.21. The molecule has 134 valence electrons. The molecule has 3 aliphatic carbocycles. The monoisotopic (exact) mass is 326 g/mol. The van der Waals surface area contributed by atoms with Crippen LogP contribution in [0.1, 0.15) is 102 Å². The molecule has 0 radical (unpaired) electrons. The fraction of sp³-hybridized carbons (Fsp3) is 0.750. The molecule has 0 bridgehead atoms. The van der Waals surface area contributed by atoms with Gasteiger partial charge in [-0.05, 0) is 54.4 Å². The van der Waals surface area contributed by atoms with Crippen molar-refractivity contribution in [3.63, 3.8) is 0 Å². The summed E-state index contributed by atoms with van der Waals surface area (Å²) in [6.45, 7) is 4.80. The molecule has 3 saturated carbocycles. The van der Waals surface area contributed by atoms with Crippen molar-refractivity contribution < 1.29 is 0 Å². The third kappa shape index (κ3) is 5.11. The van der Waals surface area contributed by atoms with E-state index in [1.54, 1.807) is 5.56 Å². The van der Waals surface area contributed by atoms with E-state index in [1.807, 2.05) is 0 Å². The maximum Gasteiger partial charge on any atom is -0.0156 e. The Hall–Kier alpha value is -0.780. The Balaban J connectivity index is 0.000000162. The minimum atomic E-state index is 0.663. The molecule has 0 aromatic heterocycles. The molecular formula is C24H38. The Morgan fingerprint density at radius 2 is 1.25 bits per heavy atom. The first-order valence-electron chi connectivity index (χ1n) is 10.7. The van der Waals surface area contributed by atoms with Crippen LogP contribution >= 0.6 is 0 Å². The quantitative estimate of drug-likeness (QED) is 0.463. The van der Waals surface area contributed by atoms with Crippen LogP contribution in [-0.4, -0.2) is 0 Å². The van der Waals surface area contributed by atoms with E-state index in [0.717, 1.165) is 17.8 Å². The fourth-order valence-corrected chi connectivity index (χ4v) is 5.42. The first-order chi connectivity index (χ1) is 11.6. The minimum absolute atomic E-state index is 0.663. The Morgan fingerprint density at radius 3 is 1.79 bits per heavy atom. The molecule has 0 N–H and O–H groups in total. The van der Waals surface area contributed by atoms with Gasteiger partial charge in [-0.1, -0.05) is 95.5 Å². The van der Waals surface area contributed by atoms with Crippen molar-refractivity contribution in [3.05, 3.63) is 35.9 Å². The summed E-state index contributed by atoms with van der Waals surface area (Å²) in [4.78, 5) is 0. The Labute approximate surface area is 150 Å². The van der Waals surface area contributed by atoms with Gasteiger partial charge in [0.1, 0.15) is 0 Å². The Bertz CT molecular complexity index is 448. The molecule has 0 aliphatic heterocycles. The van der Waals surface area contributed by atoms with Gasteiger partial charge in [-0.25, -0.2) is 0 Å². The minimum Gasteiger partial charge on any atom is -0.0622 e. The first-order valence-corrected chi connectivity index (χ1v) is 10.7. The largest absolute Gasteiger partial charge is 0.0622 e. The van der Waals surface area contributed by atoms with Crippen molar-refractivity contribution in [2.45, 2.75) is 96.8 Å². The average molecular weight is 327 g/mol. The summed E-state index contributed by atoms with van der Waals surface area (Å²) >= 11 is 0. The lowest BCUT2D eigenvalue weighted by atomic mass is 9.82. The second-order valence-electron chi connectivity index (χ2n) is 9.46. The summed E-state index contributed by atoms with van der Waals surface area (Å²) in [5, 5.41) is 0. The Kier molecular flexibility index (Phi) is 6.42. The van der Waals surface area contributed by atoms with E-state index in [0.29, 0.717) is 5.41 Å². The van der Waals surface area contributed by atoms with Gasteiger partial charge in [0.15, 0.2) is 0 Å². The lowest BCUT2D eigenvalue weighted by molar-refractivity contribution is 0.277. The van der Waals surface area contributed by atoms with Crippen LogP contribution in [0.4, 0.5) is 0 Å². The maximum absolute atomic E-state index is 2.40. The highest BCUT2D eigenvalue weighted by Crippen LogP contribution is 2.48. The smallest absolute Gasteiger partial charge is 0.0156 e. The predicted octanol–water partition coefficient (Wildman–Crippen LogP) is 7.74. The normalized spacial score (nSPS) is 32.2. The van der Waals surface area contributed by atoms with E-state index in [2.05, 4.69) is 44.2 Å². The maximum atomic E-state index is 2.40. The fourth-order valence-electron chi connectivity index (χ4n) is 5.42. The molecule has 0 heterocycles. The predicted molar refractivity (Wildman–Crippen MR) is 105 cm³/mol. The van der Waals surface area contributed by atoms with Gasteiger partial charge in [0.25, 0.3) is 0 Å². The highest BCUT2D eigenvalue weighted by Gasteiger charge is 2.35. The number of rotatable bonds is 1. The van der Waals surface area contributed by atoms with Crippen molar-refractivity contribution in [1.82, 2.24) is 0 Å². The molecule has 0 spiro atoms. The zero-order valence-corrected chi connectivity index (χ0v) is 16.1. The van der Waals surface area contributed by atoms with Gasteiger partial charge in [-0.15, -0.1) is 0 Å². The SMILES string of the molecule is CC1(C)CCCCCC1.c1ccc(C2CC3CCCCC3C2)cc1. The molecule has 0 nitrogen and oxygen atoms in total. The van der Waals surface area contributed by atoms with Gasteiger partial charge < -0.3 is 0 Å². The molecule has 2 atom stereocenters. The molecule has 24 heavy (non-hydrogen) atoms. The number of fused-ring (bicyclic) bond motifs is 1. The van der Waals surface area contributed by atoms with E-state index in [-0.39, 0.29) is 0 Å². The molecule has 0 saturated heterocycles. The van der Waals surface area contributed by atoms with E-state index in [4.69, 9.17) is 0 Å². The average Bonchev–Trinajstić information content (AvgIpc) is 2.93. The second-order valence-corrected chi connectivity index (χ2v) is 9.46. The summed E-state index contributed by atoms with van der Waals surface area (Å²) in [7, 11) is 0. The molecule has 1 aromatic carbocycles. The van der Waals surface area contributed by atoms with Crippen LogP contribution in [0.2, 0.25) is 0 Å². The van der Waals surface area contributed by atoms with E-state index in [1.165, 1.54) is 77.0 Å². The molecule has 4 rings (SSSR count). The van der Waals surface area contributed by atoms with Gasteiger partial charge in [0.05, 0.1) is 0 Å². The van der Waals surface area contributed by atoms with Crippen LogP contribution in [0.15, 0.2) is 30.3 Å². The summed E-state index contributed by atoms with van der Waals surface area (Å²) in [6, 6.07) is 11.2. The van der Waals surface area contributed by atoms with Gasteiger partial charge >= 0.3 is 0 Å². The lowest BCUT2D eigenvalue weighted by Gasteiger charge is -2.24. The zero-order chi connectivity index (χ0) is 16.8. The van der Waals surface area contributed by atoms with Gasteiger partial charge in [0.2, 0.25) is 0 Å². The highest BCUT2D eigenvalue weighted by atomic mass is 14.4. The third-order valence-electron chi connectivity index (χ3n) is 6.97. The second kappa shape index (κ2) is 8.54. The zero-order valence-electron chi connectivity index (χ0n) is 16.1. The van der Waals surface area contributed by atoms with Crippen LogP contribution in [-0.2, 0) is 0 Å². The summed E-state index contributed by atoms with van der Waals surface area (Å²) in [6.07, 6.45) is 17.7. The van der Waals surface area contributed by atoms with Crippen LogP contribution < -0.4 is 0 Å². The molecule has 0 heteroatoms. The van der Waals surface area contributed by atoms with Crippen LogP contribution in [0, 0.1) is 17.3 Å². The summed E-state index contributed by atoms with van der Waals surface area (Å²) < 4.78 is 0. The molecule has 3 fully saturated rings. The summed E-state index contributed by atoms with van der Waals surface area (Å²) in [5.74, 6) is 2.99. The van der Waals surface area contributed by atoms with Gasteiger partial charge in [-0.3, -0.25) is 0 Å². The van der Waals surface area contributed by atoms with Gasteiger partial charge in [-0.2, -0.15) is 0 Å². The number of hydrogen-bond acceptors (Lipinski definition) is 0. The van der Waals surface area contributed by atoms with Crippen LogP contribution in [0.25, 0.3) is 0 Å². The van der Waals surface area contributed by atoms with E-state index < -0.39 is 0 Å². The van der Waals surface area contributed by atoms with Crippen LogP contribution in [0.5, 0.6) is 0 Å². The van der Waals surface area contributed by atoms with E-state index >= 15 is 0 Å². The first kappa shape index (κ1) is 18.0.